The number of nitriles is 1. The zero-order valence-electron chi connectivity index (χ0n) is 11.1. The lowest BCUT2D eigenvalue weighted by molar-refractivity contribution is 0.363. The van der Waals surface area contributed by atoms with Crippen LogP contribution in [0.1, 0.15) is 31.7 Å². The standard InChI is InChI=1S/C15H22N2/c1-4-15(13-16,11-8-12-17(2)3)14-9-6-5-7-10-14/h5-7,9-10H,4,8,11-12H2,1-3H3. The van der Waals surface area contributed by atoms with Gasteiger partial charge >= 0.3 is 0 Å². The Morgan fingerprint density at radius 2 is 1.88 bits per heavy atom. The summed E-state index contributed by atoms with van der Waals surface area (Å²) in [6.45, 7) is 3.14. The quantitative estimate of drug-likeness (QED) is 0.750. The molecule has 0 fully saturated rings. The maximum absolute atomic E-state index is 9.53. The molecular weight excluding hydrogens is 208 g/mol. The van der Waals surface area contributed by atoms with Gasteiger partial charge in [0.05, 0.1) is 11.5 Å². The lowest BCUT2D eigenvalue weighted by Gasteiger charge is -2.26. The van der Waals surface area contributed by atoms with Gasteiger partial charge < -0.3 is 4.90 Å². The molecule has 0 saturated carbocycles. The van der Waals surface area contributed by atoms with Crippen molar-refractivity contribution >= 4 is 0 Å². The SMILES string of the molecule is CCC(C#N)(CCCN(C)C)c1ccccc1. The summed E-state index contributed by atoms with van der Waals surface area (Å²) in [5.74, 6) is 0. The van der Waals surface area contributed by atoms with Crippen LogP contribution in [0.3, 0.4) is 0 Å². The maximum atomic E-state index is 9.53. The molecule has 0 aliphatic rings. The van der Waals surface area contributed by atoms with Crippen LogP contribution in [0.25, 0.3) is 0 Å². The molecule has 2 heteroatoms. The number of benzene rings is 1. The highest BCUT2D eigenvalue weighted by atomic mass is 15.0. The van der Waals surface area contributed by atoms with Crippen molar-refractivity contribution in [2.45, 2.75) is 31.6 Å². The number of hydrogen-bond acceptors (Lipinski definition) is 2. The van der Waals surface area contributed by atoms with Crippen molar-refractivity contribution in [3.8, 4) is 6.07 Å². The second-order valence-corrected chi connectivity index (χ2v) is 4.82. The smallest absolute Gasteiger partial charge is 0.0820 e. The van der Waals surface area contributed by atoms with E-state index < -0.39 is 0 Å². The van der Waals surface area contributed by atoms with E-state index in [1.807, 2.05) is 18.2 Å². The normalized spacial score (nSPS) is 14.3. The number of nitrogens with zero attached hydrogens (tertiary/aromatic N) is 2. The highest BCUT2D eigenvalue weighted by Crippen LogP contribution is 2.32. The van der Waals surface area contributed by atoms with Crippen LogP contribution in [0.4, 0.5) is 0 Å². The van der Waals surface area contributed by atoms with Crippen LogP contribution in [0.5, 0.6) is 0 Å². The van der Waals surface area contributed by atoms with Crippen molar-refractivity contribution in [2.24, 2.45) is 0 Å². The molecule has 1 atom stereocenters. The minimum atomic E-state index is -0.308. The van der Waals surface area contributed by atoms with Gasteiger partial charge in [0.2, 0.25) is 0 Å². The summed E-state index contributed by atoms with van der Waals surface area (Å²) in [7, 11) is 4.14. The average molecular weight is 230 g/mol. The van der Waals surface area contributed by atoms with Crippen LogP contribution < -0.4 is 0 Å². The van der Waals surface area contributed by atoms with E-state index in [1.54, 1.807) is 0 Å². The van der Waals surface area contributed by atoms with Crippen LogP contribution in [0.2, 0.25) is 0 Å². The molecule has 0 spiro atoms. The lowest BCUT2D eigenvalue weighted by Crippen LogP contribution is -2.25. The largest absolute Gasteiger partial charge is 0.309 e. The number of rotatable bonds is 6. The molecule has 1 aromatic carbocycles. The fourth-order valence-corrected chi connectivity index (χ4v) is 2.18. The van der Waals surface area contributed by atoms with Crippen molar-refractivity contribution in [3.63, 3.8) is 0 Å². The predicted octanol–water partition coefficient (Wildman–Crippen LogP) is 3.20. The van der Waals surface area contributed by atoms with E-state index in [4.69, 9.17) is 0 Å². The molecule has 0 saturated heterocycles. The molecule has 0 aliphatic carbocycles. The Kier molecular flexibility index (Phi) is 5.18. The van der Waals surface area contributed by atoms with Gasteiger partial charge in [0.15, 0.2) is 0 Å². The molecule has 1 rings (SSSR count). The molecule has 0 amide bonds. The van der Waals surface area contributed by atoms with Crippen molar-refractivity contribution in [3.05, 3.63) is 35.9 Å². The maximum Gasteiger partial charge on any atom is 0.0820 e. The van der Waals surface area contributed by atoms with Crippen LogP contribution in [0, 0.1) is 11.3 Å². The summed E-state index contributed by atoms with van der Waals surface area (Å²) in [4.78, 5) is 2.17. The van der Waals surface area contributed by atoms with Gasteiger partial charge in [-0.1, -0.05) is 37.3 Å². The zero-order chi connectivity index (χ0) is 12.7. The first kappa shape index (κ1) is 13.7. The molecule has 0 heterocycles. The first-order valence-electron chi connectivity index (χ1n) is 6.26. The van der Waals surface area contributed by atoms with Gasteiger partial charge in [-0.05, 0) is 45.5 Å². The summed E-state index contributed by atoms with van der Waals surface area (Å²) in [6.07, 6.45) is 2.87. The van der Waals surface area contributed by atoms with Crippen molar-refractivity contribution in [2.75, 3.05) is 20.6 Å². The second kappa shape index (κ2) is 6.42. The van der Waals surface area contributed by atoms with E-state index in [0.29, 0.717) is 0 Å². The Morgan fingerprint density at radius 3 is 2.35 bits per heavy atom. The summed E-state index contributed by atoms with van der Waals surface area (Å²) in [6, 6.07) is 12.7. The van der Waals surface area contributed by atoms with Gasteiger partial charge in [-0.3, -0.25) is 0 Å². The van der Waals surface area contributed by atoms with Crippen molar-refractivity contribution in [1.82, 2.24) is 4.90 Å². The highest BCUT2D eigenvalue weighted by molar-refractivity contribution is 5.31. The molecule has 17 heavy (non-hydrogen) atoms. The first-order valence-corrected chi connectivity index (χ1v) is 6.26. The van der Waals surface area contributed by atoms with Gasteiger partial charge in [0.25, 0.3) is 0 Å². The second-order valence-electron chi connectivity index (χ2n) is 4.82. The van der Waals surface area contributed by atoms with E-state index >= 15 is 0 Å². The molecule has 92 valence electrons. The molecule has 0 bridgehead atoms. The number of hydrogen-bond donors (Lipinski definition) is 0. The van der Waals surface area contributed by atoms with Crippen LogP contribution >= 0.6 is 0 Å². The highest BCUT2D eigenvalue weighted by Gasteiger charge is 2.29. The Labute approximate surface area is 105 Å². The van der Waals surface area contributed by atoms with Crippen LogP contribution in [0.15, 0.2) is 30.3 Å². The third-order valence-corrected chi connectivity index (χ3v) is 3.35. The summed E-state index contributed by atoms with van der Waals surface area (Å²) in [5.41, 5.74) is 0.848. The monoisotopic (exact) mass is 230 g/mol. The minimum Gasteiger partial charge on any atom is -0.309 e. The molecular formula is C15H22N2. The third-order valence-electron chi connectivity index (χ3n) is 3.35. The summed E-state index contributed by atoms with van der Waals surface area (Å²) >= 11 is 0. The Hall–Kier alpha value is -1.33. The first-order chi connectivity index (χ1) is 8.14. The molecule has 0 aliphatic heterocycles. The van der Waals surface area contributed by atoms with Crippen molar-refractivity contribution < 1.29 is 0 Å². The molecule has 0 N–H and O–H groups in total. The van der Waals surface area contributed by atoms with E-state index in [9.17, 15) is 5.26 Å². The van der Waals surface area contributed by atoms with E-state index in [0.717, 1.165) is 31.4 Å². The topological polar surface area (TPSA) is 27.0 Å². The Balaban J connectivity index is 2.80. The van der Waals surface area contributed by atoms with Gasteiger partial charge in [-0.15, -0.1) is 0 Å². The predicted molar refractivity (Wildman–Crippen MR) is 71.8 cm³/mol. The Bertz CT molecular complexity index is 364. The van der Waals surface area contributed by atoms with E-state index in [2.05, 4.69) is 44.1 Å². The third kappa shape index (κ3) is 3.57. The fraction of sp³-hybridized carbons (Fsp3) is 0.533. The van der Waals surface area contributed by atoms with E-state index in [-0.39, 0.29) is 5.41 Å². The van der Waals surface area contributed by atoms with Crippen LogP contribution in [-0.2, 0) is 5.41 Å². The lowest BCUT2D eigenvalue weighted by atomic mass is 9.76. The van der Waals surface area contributed by atoms with Gasteiger partial charge in [0, 0.05) is 0 Å². The van der Waals surface area contributed by atoms with Gasteiger partial charge in [0.1, 0.15) is 0 Å². The average Bonchev–Trinajstić information content (AvgIpc) is 2.36. The minimum absolute atomic E-state index is 0.308. The summed E-state index contributed by atoms with van der Waals surface area (Å²) < 4.78 is 0. The zero-order valence-corrected chi connectivity index (χ0v) is 11.1. The molecule has 0 radical (unpaired) electrons. The van der Waals surface area contributed by atoms with Crippen LogP contribution in [-0.4, -0.2) is 25.5 Å². The molecule has 1 aromatic rings. The van der Waals surface area contributed by atoms with Crippen molar-refractivity contribution in [1.29, 1.82) is 5.26 Å². The fourth-order valence-electron chi connectivity index (χ4n) is 2.18. The van der Waals surface area contributed by atoms with E-state index in [1.165, 1.54) is 0 Å². The summed E-state index contributed by atoms with van der Waals surface area (Å²) in [5, 5.41) is 9.53. The molecule has 1 unspecified atom stereocenters. The molecule has 2 nitrogen and oxygen atoms in total. The van der Waals surface area contributed by atoms with Gasteiger partial charge in [-0.25, -0.2) is 0 Å². The Morgan fingerprint density at radius 1 is 1.24 bits per heavy atom. The van der Waals surface area contributed by atoms with Gasteiger partial charge in [-0.2, -0.15) is 5.26 Å². The molecule has 0 aromatic heterocycles.